The number of amides is 1. The van der Waals surface area contributed by atoms with Crippen molar-refractivity contribution in [1.82, 2.24) is 9.38 Å². The number of hydrogen-bond acceptors (Lipinski definition) is 4. The summed E-state index contributed by atoms with van der Waals surface area (Å²) in [6, 6.07) is 8.90. The average molecular weight is 295 g/mol. The number of rotatable bonds is 2. The van der Waals surface area contributed by atoms with Crippen molar-refractivity contribution in [2.24, 2.45) is 0 Å². The Morgan fingerprint density at radius 1 is 1.14 bits per heavy atom. The lowest BCUT2D eigenvalue weighted by Crippen LogP contribution is -2.16. The van der Waals surface area contributed by atoms with E-state index in [1.165, 1.54) is 0 Å². The van der Waals surface area contributed by atoms with Gasteiger partial charge in [0, 0.05) is 23.5 Å². The van der Waals surface area contributed by atoms with Crippen LogP contribution in [0, 0.1) is 0 Å². The summed E-state index contributed by atoms with van der Waals surface area (Å²) in [7, 11) is 0. The van der Waals surface area contributed by atoms with Gasteiger partial charge in [-0.05, 0) is 24.3 Å². The van der Waals surface area contributed by atoms with E-state index in [4.69, 9.17) is 9.47 Å². The highest BCUT2D eigenvalue weighted by molar-refractivity contribution is 6.05. The number of fused-ring (bicyclic) bond motifs is 2. The molecule has 1 amide bonds. The maximum Gasteiger partial charge on any atom is 0.255 e. The van der Waals surface area contributed by atoms with Gasteiger partial charge in [-0.1, -0.05) is 0 Å². The summed E-state index contributed by atoms with van der Waals surface area (Å²) in [6.45, 7) is 1.06. The van der Waals surface area contributed by atoms with Crippen LogP contribution in [-0.2, 0) is 0 Å². The van der Waals surface area contributed by atoms with Crippen LogP contribution in [0.25, 0.3) is 5.52 Å². The molecule has 3 heterocycles. The number of benzene rings is 1. The average Bonchev–Trinajstić information content (AvgIpc) is 3.02. The lowest BCUT2D eigenvalue weighted by atomic mass is 10.2. The summed E-state index contributed by atoms with van der Waals surface area (Å²) in [5, 5.41) is 2.86. The molecule has 0 spiro atoms. The fraction of sp³-hybridized carbons (Fsp3) is 0.125. The number of nitrogens with zero attached hydrogens (tertiary/aromatic N) is 2. The number of ether oxygens (including phenoxy) is 2. The van der Waals surface area contributed by atoms with Gasteiger partial charge in [-0.2, -0.15) is 0 Å². The molecule has 22 heavy (non-hydrogen) atoms. The van der Waals surface area contributed by atoms with Crippen molar-refractivity contribution < 1.29 is 14.3 Å². The fourth-order valence-electron chi connectivity index (χ4n) is 2.38. The van der Waals surface area contributed by atoms with E-state index in [-0.39, 0.29) is 5.91 Å². The van der Waals surface area contributed by atoms with Crippen molar-refractivity contribution in [3.63, 3.8) is 0 Å². The molecule has 6 heteroatoms. The van der Waals surface area contributed by atoms with Gasteiger partial charge < -0.3 is 19.2 Å². The van der Waals surface area contributed by atoms with Gasteiger partial charge in [0.05, 0.1) is 18.0 Å². The molecule has 3 aromatic rings. The summed E-state index contributed by atoms with van der Waals surface area (Å²) in [4.78, 5) is 16.4. The predicted molar refractivity (Wildman–Crippen MR) is 80.6 cm³/mol. The van der Waals surface area contributed by atoms with E-state index in [0.29, 0.717) is 36.0 Å². The highest BCUT2D eigenvalue weighted by Crippen LogP contribution is 2.32. The summed E-state index contributed by atoms with van der Waals surface area (Å²) >= 11 is 0. The molecule has 1 aliphatic heterocycles. The molecule has 4 rings (SSSR count). The van der Waals surface area contributed by atoms with Crippen LogP contribution in [0.3, 0.4) is 0 Å². The number of imidazole rings is 1. The second-order valence-electron chi connectivity index (χ2n) is 4.95. The first-order chi connectivity index (χ1) is 10.8. The maximum atomic E-state index is 12.3. The van der Waals surface area contributed by atoms with Crippen molar-refractivity contribution in [3.05, 3.63) is 54.6 Å². The van der Waals surface area contributed by atoms with Crippen LogP contribution in [0.1, 0.15) is 10.4 Å². The van der Waals surface area contributed by atoms with Crippen molar-refractivity contribution in [3.8, 4) is 11.5 Å². The largest absolute Gasteiger partial charge is 0.486 e. The van der Waals surface area contributed by atoms with Crippen LogP contribution in [-0.4, -0.2) is 28.5 Å². The van der Waals surface area contributed by atoms with E-state index in [0.717, 1.165) is 5.52 Å². The zero-order valence-corrected chi connectivity index (χ0v) is 11.7. The van der Waals surface area contributed by atoms with E-state index < -0.39 is 0 Å². The molecule has 110 valence electrons. The van der Waals surface area contributed by atoms with Gasteiger partial charge in [-0.25, -0.2) is 4.98 Å². The molecule has 1 N–H and O–H groups in total. The highest BCUT2D eigenvalue weighted by Gasteiger charge is 2.13. The third-order valence-corrected chi connectivity index (χ3v) is 3.48. The van der Waals surface area contributed by atoms with E-state index in [2.05, 4.69) is 10.3 Å². The first-order valence-electron chi connectivity index (χ1n) is 6.92. The number of carbonyl (C=O) groups excluding carboxylic acids is 1. The Morgan fingerprint density at radius 2 is 2.00 bits per heavy atom. The van der Waals surface area contributed by atoms with Crippen molar-refractivity contribution in [2.75, 3.05) is 18.5 Å². The molecule has 2 aromatic heterocycles. The van der Waals surface area contributed by atoms with Crippen LogP contribution in [0.4, 0.5) is 5.69 Å². The molecule has 0 saturated heterocycles. The fourth-order valence-corrected chi connectivity index (χ4v) is 2.38. The van der Waals surface area contributed by atoms with Crippen molar-refractivity contribution in [1.29, 1.82) is 0 Å². The number of aromatic nitrogens is 2. The van der Waals surface area contributed by atoms with E-state index in [1.807, 2.05) is 4.40 Å². The molecule has 0 fully saturated rings. The highest BCUT2D eigenvalue weighted by atomic mass is 16.6. The SMILES string of the molecule is O=C(Nc1ccc2c(c1)OCCO2)c1ccn2cncc2c1. The molecule has 1 aromatic carbocycles. The van der Waals surface area contributed by atoms with Crippen LogP contribution in [0.15, 0.2) is 49.1 Å². The molecule has 0 radical (unpaired) electrons. The molecule has 0 aliphatic carbocycles. The second-order valence-corrected chi connectivity index (χ2v) is 4.95. The Balaban J connectivity index is 1.58. The standard InChI is InChI=1S/C16H13N3O3/c20-16(11-3-4-19-10-17-9-13(19)7-11)18-12-1-2-14-15(8-12)22-6-5-21-14/h1-4,7-10H,5-6H2,(H,18,20). The molecule has 0 atom stereocenters. The summed E-state index contributed by atoms with van der Waals surface area (Å²) in [5.41, 5.74) is 2.11. The lowest BCUT2D eigenvalue weighted by Gasteiger charge is -2.19. The Bertz CT molecular complexity index is 857. The molecule has 0 unspecified atom stereocenters. The molecular formula is C16H13N3O3. The van der Waals surface area contributed by atoms with E-state index >= 15 is 0 Å². The summed E-state index contributed by atoms with van der Waals surface area (Å²) < 4.78 is 12.8. The van der Waals surface area contributed by atoms with E-state index in [9.17, 15) is 4.79 Å². The third kappa shape index (κ3) is 2.24. The normalized spacial score (nSPS) is 13.1. The molecule has 0 bridgehead atoms. The number of carbonyl (C=O) groups is 1. The first-order valence-corrected chi connectivity index (χ1v) is 6.92. The topological polar surface area (TPSA) is 64.9 Å². The van der Waals surface area contributed by atoms with Gasteiger partial charge >= 0.3 is 0 Å². The van der Waals surface area contributed by atoms with Crippen LogP contribution in [0.5, 0.6) is 11.5 Å². The smallest absolute Gasteiger partial charge is 0.255 e. The summed E-state index contributed by atoms with van der Waals surface area (Å²) in [6.07, 6.45) is 5.21. The van der Waals surface area contributed by atoms with Crippen LogP contribution >= 0.6 is 0 Å². The molecule has 1 aliphatic rings. The zero-order chi connectivity index (χ0) is 14.9. The minimum absolute atomic E-state index is 0.180. The van der Waals surface area contributed by atoms with Gasteiger partial charge in [-0.15, -0.1) is 0 Å². The summed E-state index contributed by atoms with van der Waals surface area (Å²) in [5.74, 6) is 1.17. The predicted octanol–water partition coefficient (Wildman–Crippen LogP) is 2.36. The second kappa shape index (κ2) is 5.07. The quantitative estimate of drug-likeness (QED) is 0.788. The van der Waals surface area contributed by atoms with Gasteiger partial charge in [0.15, 0.2) is 11.5 Å². The lowest BCUT2D eigenvalue weighted by molar-refractivity contribution is 0.102. The Kier molecular flexibility index (Phi) is 2.93. The van der Waals surface area contributed by atoms with Crippen molar-refractivity contribution >= 4 is 17.1 Å². The Labute approximate surface area is 126 Å². The molecule has 0 saturated carbocycles. The van der Waals surface area contributed by atoms with Gasteiger partial charge in [-0.3, -0.25) is 4.79 Å². The Hall–Kier alpha value is -3.02. The number of nitrogens with one attached hydrogen (secondary N) is 1. The minimum atomic E-state index is -0.180. The van der Waals surface area contributed by atoms with E-state index in [1.54, 1.807) is 49.1 Å². The number of pyridine rings is 1. The monoisotopic (exact) mass is 295 g/mol. The molecular weight excluding hydrogens is 282 g/mol. The number of anilines is 1. The van der Waals surface area contributed by atoms with Gasteiger partial charge in [0.1, 0.15) is 13.2 Å². The third-order valence-electron chi connectivity index (χ3n) is 3.48. The molecule has 6 nitrogen and oxygen atoms in total. The van der Waals surface area contributed by atoms with Crippen LogP contribution in [0.2, 0.25) is 0 Å². The minimum Gasteiger partial charge on any atom is -0.486 e. The van der Waals surface area contributed by atoms with Gasteiger partial charge in [0.25, 0.3) is 5.91 Å². The van der Waals surface area contributed by atoms with Crippen LogP contribution < -0.4 is 14.8 Å². The maximum absolute atomic E-state index is 12.3. The zero-order valence-electron chi connectivity index (χ0n) is 11.7. The van der Waals surface area contributed by atoms with Crippen molar-refractivity contribution in [2.45, 2.75) is 0 Å². The Morgan fingerprint density at radius 3 is 2.91 bits per heavy atom. The first kappa shape index (κ1) is 12.7. The van der Waals surface area contributed by atoms with Gasteiger partial charge in [0.2, 0.25) is 0 Å². The number of hydrogen-bond donors (Lipinski definition) is 1.